The molecule has 0 saturated carbocycles. The van der Waals surface area contributed by atoms with Gasteiger partial charge in [-0.1, -0.05) is 18.2 Å². The number of carboxylic acid groups (broad SMARTS) is 1. The van der Waals surface area contributed by atoms with E-state index < -0.39 is 23.5 Å². The number of hydrogen-bond donors (Lipinski definition) is 2. The van der Waals surface area contributed by atoms with Gasteiger partial charge in [-0.3, -0.25) is 9.59 Å². The first-order valence-electron chi connectivity index (χ1n) is 10.8. The van der Waals surface area contributed by atoms with Gasteiger partial charge in [-0.15, -0.1) is 11.3 Å². The normalized spacial score (nSPS) is 12.7. The van der Waals surface area contributed by atoms with Crippen molar-refractivity contribution in [1.29, 1.82) is 0 Å². The highest BCUT2D eigenvalue weighted by molar-refractivity contribution is 7.17. The van der Waals surface area contributed by atoms with Crippen LogP contribution in [0.25, 0.3) is 0 Å². The summed E-state index contributed by atoms with van der Waals surface area (Å²) in [5.41, 5.74) is 1.41. The minimum absolute atomic E-state index is 0.0298. The van der Waals surface area contributed by atoms with Crippen LogP contribution in [-0.4, -0.2) is 41.4 Å². The number of hydrogen-bond acceptors (Lipinski definition) is 5. The van der Waals surface area contributed by atoms with Gasteiger partial charge in [0.2, 0.25) is 5.91 Å². The lowest BCUT2D eigenvalue weighted by Crippen LogP contribution is -2.35. The molecule has 0 radical (unpaired) electrons. The van der Waals surface area contributed by atoms with Gasteiger partial charge >= 0.3 is 5.97 Å². The van der Waals surface area contributed by atoms with Gasteiger partial charge in [0.1, 0.15) is 10.8 Å². The van der Waals surface area contributed by atoms with E-state index in [1.54, 1.807) is 29.2 Å². The van der Waals surface area contributed by atoms with E-state index in [2.05, 4.69) is 5.32 Å². The molecule has 4 rings (SSSR count). The zero-order valence-corrected chi connectivity index (χ0v) is 19.6. The number of thiophene rings is 1. The molecule has 182 valence electrons. The van der Waals surface area contributed by atoms with Crippen molar-refractivity contribution in [3.8, 4) is 5.75 Å². The van der Waals surface area contributed by atoms with E-state index in [0.29, 0.717) is 34.7 Å². The summed E-state index contributed by atoms with van der Waals surface area (Å²) in [6.45, 7) is 0.530. The van der Waals surface area contributed by atoms with Crippen LogP contribution >= 0.6 is 11.3 Å². The maximum Gasteiger partial charge on any atom is 0.339 e. The van der Waals surface area contributed by atoms with Crippen LogP contribution in [0.1, 0.15) is 43.1 Å². The number of nitrogens with zero attached hydrogens (tertiary/aromatic N) is 1. The van der Waals surface area contributed by atoms with Gasteiger partial charge in [-0.25, -0.2) is 13.6 Å². The highest BCUT2D eigenvalue weighted by Gasteiger charge is 2.30. The Morgan fingerprint density at radius 1 is 1.14 bits per heavy atom. The third kappa shape index (κ3) is 5.17. The fourth-order valence-electron chi connectivity index (χ4n) is 4.04. The topological polar surface area (TPSA) is 95.9 Å². The minimum atomic E-state index is -1.16. The highest BCUT2D eigenvalue weighted by Crippen LogP contribution is 2.38. The van der Waals surface area contributed by atoms with Crippen molar-refractivity contribution in [2.75, 3.05) is 19.0 Å². The molecule has 0 aliphatic carbocycles. The molecule has 0 fully saturated rings. The number of aromatic carboxylic acids is 1. The molecule has 7 nitrogen and oxygen atoms in total. The standard InChI is InChI=1S/C25H22F2N2O5S/c1-34-19-5-3-2-4-15(19)23(31)28-24-22(25(32)33)16-10-11-29(13-20(16)35-24)21(30)9-7-14-6-8-17(26)18(27)12-14/h2-6,8,12H,7,9-11,13H2,1H3,(H,28,31)(H,32,33). The van der Waals surface area contributed by atoms with E-state index in [-0.39, 0.29) is 41.4 Å². The molecule has 0 saturated heterocycles. The second-order valence-corrected chi connectivity index (χ2v) is 9.09. The number of aryl methyl sites for hydroxylation is 1. The van der Waals surface area contributed by atoms with Gasteiger partial charge in [-0.05, 0) is 48.2 Å². The molecule has 0 bridgehead atoms. The van der Waals surface area contributed by atoms with Crippen LogP contribution in [0, 0.1) is 11.6 Å². The van der Waals surface area contributed by atoms with Gasteiger partial charge in [0.15, 0.2) is 11.6 Å². The molecule has 10 heteroatoms. The van der Waals surface area contributed by atoms with E-state index in [0.717, 1.165) is 23.5 Å². The number of ether oxygens (including phenoxy) is 1. The zero-order valence-electron chi connectivity index (χ0n) is 18.8. The third-order valence-electron chi connectivity index (χ3n) is 5.81. The van der Waals surface area contributed by atoms with E-state index in [9.17, 15) is 28.3 Å². The summed E-state index contributed by atoms with van der Waals surface area (Å²) in [5.74, 6) is -3.37. The van der Waals surface area contributed by atoms with E-state index in [1.165, 1.54) is 13.2 Å². The number of amides is 2. The molecule has 0 spiro atoms. The quantitative estimate of drug-likeness (QED) is 0.498. The molecule has 3 aromatic rings. The van der Waals surface area contributed by atoms with Crippen molar-refractivity contribution in [2.24, 2.45) is 0 Å². The summed E-state index contributed by atoms with van der Waals surface area (Å²) in [6.07, 6.45) is 0.689. The van der Waals surface area contributed by atoms with Crippen molar-refractivity contribution < 1.29 is 33.0 Å². The zero-order chi connectivity index (χ0) is 25.1. The lowest BCUT2D eigenvalue weighted by molar-refractivity contribution is -0.132. The van der Waals surface area contributed by atoms with Gasteiger partial charge in [-0.2, -0.15) is 0 Å². The Kier molecular flexibility index (Phi) is 7.11. The van der Waals surface area contributed by atoms with E-state index >= 15 is 0 Å². The molecule has 2 heterocycles. The average molecular weight is 501 g/mol. The predicted molar refractivity (Wildman–Crippen MR) is 126 cm³/mol. The molecule has 0 unspecified atom stereocenters. The van der Waals surface area contributed by atoms with Gasteiger partial charge < -0.3 is 20.1 Å². The Bertz CT molecular complexity index is 1310. The number of anilines is 1. The average Bonchev–Trinajstić information content (AvgIpc) is 3.21. The lowest BCUT2D eigenvalue weighted by Gasteiger charge is -2.27. The fourth-order valence-corrected chi connectivity index (χ4v) is 5.29. The molecule has 1 aliphatic rings. The molecule has 1 aliphatic heterocycles. The second kappa shape index (κ2) is 10.2. The first-order chi connectivity index (χ1) is 16.8. The van der Waals surface area contributed by atoms with Crippen molar-refractivity contribution in [1.82, 2.24) is 4.90 Å². The number of halogens is 2. The summed E-state index contributed by atoms with van der Waals surface area (Å²) in [4.78, 5) is 39.9. The van der Waals surface area contributed by atoms with E-state index in [1.807, 2.05) is 0 Å². The molecule has 2 amide bonds. The number of rotatable bonds is 7. The number of fused-ring (bicyclic) bond motifs is 1. The monoisotopic (exact) mass is 500 g/mol. The Morgan fingerprint density at radius 2 is 1.91 bits per heavy atom. The Hall–Kier alpha value is -3.79. The first kappa shape index (κ1) is 24.3. The number of carbonyl (C=O) groups excluding carboxylic acids is 2. The summed E-state index contributed by atoms with van der Waals surface area (Å²) < 4.78 is 31.7. The number of nitrogens with one attached hydrogen (secondary N) is 1. The van der Waals surface area contributed by atoms with Crippen molar-refractivity contribution >= 4 is 34.1 Å². The number of carbonyl (C=O) groups is 3. The molecule has 2 aromatic carbocycles. The molecule has 1 aromatic heterocycles. The number of para-hydroxylation sites is 1. The largest absolute Gasteiger partial charge is 0.496 e. The smallest absolute Gasteiger partial charge is 0.339 e. The first-order valence-corrected chi connectivity index (χ1v) is 11.6. The Balaban J connectivity index is 1.49. The van der Waals surface area contributed by atoms with Crippen LogP contribution in [0.3, 0.4) is 0 Å². The van der Waals surface area contributed by atoms with Crippen molar-refractivity contribution in [3.05, 3.63) is 81.2 Å². The van der Waals surface area contributed by atoms with Gasteiger partial charge in [0, 0.05) is 17.8 Å². The van der Waals surface area contributed by atoms with Crippen LogP contribution in [0.2, 0.25) is 0 Å². The lowest BCUT2D eigenvalue weighted by atomic mass is 10.0. The number of carboxylic acids is 1. The van der Waals surface area contributed by atoms with Crippen LogP contribution in [0.15, 0.2) is 42.5 Å². The Labute approximate surface area is 203 Å². The number of benzene rings is 2. The van der Waals surface area contributed by atoms with Gasteiger partial charge in [0.05, 0.1) is 24.8 Å². The molecule has 35 heavy (non-hydrogen) atoms. The maximum atomic E-state index is 13.4. The molecular formula is C25H22F2N2O5S. The van der Waals surface area contributed by atoms with Crippen LogP contribution in [0.4, 0.5) is 13.8 Å². The summed E-state index contributed by atoms with van der Waals surface area (Å²) in [5, 5.41) is 12.7. The molecule has 2 N–H and O–H groups in total. The van der Waals surface area contributed by atoms with Crippen molar-refractivity contribution in [3.63, 3.8) is 0 Å². The maximum absolute atomic E-state index is 13.4. The Morgan fingerprint density at radius 3 is 2.63 bits per heavy atom. The molecule has 0 atom stereocenters. The van der Waals surface area contributed by atoms with Gasteiger partial charge in [0.25, 0.3) is 5.91 Å². The number of methoxy groups -OCH3 is 1. The van der Waals surface area contributed by atoms with Crippen LogP contribution in [0.5, 0.6) is 5.75 Å². The van der Waals surface area contributed by atoms with E-state index in [4.69, 9.17) is 4.74 Å². The fraction of sp³-hybridized carbons (Fsp3) is 0.240. The van der Waals surface area contributed by atoms with Crippen molar-refractivity contribution in [2.45, 2.75) is 25.8 Å². The molecular weight excluding hydrogens is 478 g/mol. The predicted octanol–water partition coefficient (Wildman–Crippen LogP) is 4.50. The second-order valence-electron chi connectivity index (χ2n) is 7.98. The van der Waals surface area contributed by atoms with Crippen LogP contribution < -0.4 is 10.1 Å². The SMILES string of the molecule is COc1ccccc1C(=O)Nc1sc2c(c1C(=O)O)CCN(C(=O)CCc1ccc(F)c(F)c1)C2. The minimum Gasteiger partial charge on any atom is -0.496 e. The van der Waals surface area contributed by atoms with Crippen LogP contribution in [-0.2, 0) is 24.2 Å². The summed E-state index contributed by atoms with van der Waals surface area (Å²) >= 11 is 1.13. The highest BCUT2D eigenvalue weighted by atomic mass is 32.1. The third-order valence-corrected chi connectivity index (χ3v) is 6.95. The summed E-state index contributed by atoms with van der Waals surface area (Å²) in [6, 6.07) is 10.2. The summed E-state index contributed by atoms with van der Waals surface area (Å²) in [7, 11) is 1.44.